The number of hydrogen-bond acceptors (Lipinski definition) is 6. The molecule has 1 aromatic carbocycles. The molecule has 2 heterocycles. The van der Waals surface area contributed by atoms with Crippen molar-refractivity contribution in [2.75, 3.05) is 11.5 Å². The lowest BCUT2D eigenvalue weighted by atomic mass is 10.1. The normalized spacial score (nSPS) is 24.9. The topological polar surface area (TPSA) is 88.2 Å². The number of nitrogens with zero attached hydrogens (tertiary/aromatic N) is 1. The van der Waals surface area contributed by atoms with Crippen molar-refractivity contribution in [2.24, 2.45) is 0 Å². The Morgan fingerprint density at radius 2 is 1.78 bits per heavy atom. The third-order valence-electron chi connectivity index (χ3n) is 5.23. The second kappa shape index (κ2) is 7.69. The summed E-state index contributed by atoms with van der Waals surface area (Å²) in [5.74, 6) is -0.242. The van der Waals surface area contributed by atoms with E-state index in [0.29, 0.717) is 11.7 Å². The second-order valence-corrected chi connectivity index (χ2v) is 10.3. The van der Waals surface area contributed by atoms with E-state index in [2.05, 4.69) is 15.6 Å². The summed E-state index contributed by atoms with van der Waals surface area (Å²) in [6.07, 6.45) is 4.50. The first-order valence-corrected chi connectivity index (χ1v) is 12.0. The third-order valence-corrected chi connectivity index (χ3v) is 7.86. The van der Waals surface area contributed by atoms with Crippen molar-refractivity contribution in [1.82, 2.24) is 15.6 Å². The lowest BCUT2D eigenvalue weighted by Gasteiger charge is -2.24. The zero-order valence-electron chi connectivity index (χ0n) is 14.9. The Hall–Kier alpha value is -1.77. The number of aromatic nitrogens is 1. The summed E-state index contributed by atoms with van der Waals surface area (Å²) in [5, 5.41) is 8.86. The second-order valence-electron chi connectivity index (χ2n) is 7.32. The quantitative estimate of drug-likeness (QED) is 0.796. The molecule has 1 saturated heterocycles. The van der Waals surface area contributed by atoms with Gasteiger partial charge in [0.05, 0.1) is 17.5 Å². The maximum atomic E-state index is 12.6. The number of amides is 1. The van der Waals surface area contributed by atoms with Gasteiger partial charge < -0.3 is 10.6 Å². The van der Waals surface area contributed by atoms with Crippen molar-refractivity contribution in [2.45, 2.75) is 43.8 Å². The molecule has 0 unspecified atom stereocenters. The number of carbonyl (C=O) groups is 1. The molecule has 0 radical (unpaired) electrons. The summed E-state index contributed by atoms with van der Waals surface area (Å²) >= 11 is 1.41. The van der Waals surface area contributed by atoms with Gasteiger partial charge in [-0.15, -0.1) is 11.3 Å². The average molecular weight is 406 g/mol. The highest BCUT2D eigenvalue weighted by atomic mass is 32.2. The van der Waals surface area contributed by atoms with E-state index in [1.807, 2.05) is 30.3 Å². The van der Waals surface area contributed by atoms with Gasteiger partial charge in [-0.25, -0.2) is 13.4 Å². The van der Waals surface area contributed by atoms with Crippen molar-refractivity contribution >= 4 is 27.1 Å². The minimum atomic E-state index is -3.15. The summed E-state index contributed by atoms with van der Waals surface area (Å²) in [6.45, 7) is 0. The molecule has 6 nitrogen and oxygen atoms in total. The fraction of sp³-hybridized carbons (Fsp3) is 0.474. The van der Waals surface area contributed by atoms with Crippen LogP contribution in [0.1, 0.15) is 36.2 Å². The van der Waals surface area contributed by atoms with Crippen LogP contribution in [0.4, 0.5) is 0 Å². The van der Waals surface area contributed by atoms with E-state index in [4.69, 9.17) is 0 Å². The van der Waals surface area contributed by atoms with Gasteiger partial charge in [0.15, 0.2) is 9.84 Å². The molecule has 0 spiro atoms. The van der Waals surface area contributed by atoms with Gasteiger partial charge in [-0.3, -0.25) is 4.79 Å². The van der Waals surface area contributed by atoms with Crippen LogP contribution in [0.25, 0.3) is 10.6 Å². The maximum Gasteiger partial charge on any atom is 0.271 e. The number of sulfone groups is 1. The molecular formula is C19H23N3O3S2. The summed E-state index contributed by atoms with van der Waals surface area (Å²) in [7, 11) is -3.15. The van der Waals surface area contributed by atoms with E-state index in [0.717, 1.165) is 23.4 Å². The number of benzene rings is 1. The zero-order valence-corrected chi connectivity index (χ0v) is 16.6. The van der Waals surface area contributed by atoms with Gasteiger partial charge in [0, 0.05) is 23.0 Å². The Balaban J connectivity index is 1.45. The number of rotatable bonds is 5. The van der Waals surface area contributed by atoms with Crippen molar-refractivity contribution < 1.29 is 13.2 Å². The van der Waals surface area contributed by atoms with Gasteiger partial charge in [-0.1, -0.05) is 43.2 Å². The molecular weight excluding hydrogens is 382 g/mol. The molecule has 2 N–H and O–H groups in total. The fourth-order valence-electron chi connectivity index (χ4n) is 3.88. The first-order valence-electron chi connectivity index (χ1n) is 9.28. The van der Waals surface area contributed by atoms with Crippen LogP contribution in [0.2, 0.25) is 0 Å². The van der Waals surface area contributed by atoms with Gasteiger partial charge in [0.1, 0.15) is 10.7 Å². The van der Waals surface area contributed by atoms with Gasteiger partial charge in [-0.2, -0.15) is 0 Å². The molecule has 1 amide bonds. The summed E-state index contributed by atoms with van der Waals surface area (Å²) in [4.78, 5) is 17.1. The molecule has 27 heavy (non-hydrogen) atoms. The van der Waals surface area contributed by atoms with Crippen LogP contribution in [-0.4, -0.2) is 48.9 Å². The Kier molecular flexibility index (Phi) is 5.29. The van der Waals surface area contributed by atoms with Gasteiger partial charge in [0.2, 0.25) is 0 Å². The van der Waals surface area contributed by atoms with Crippen LogP contribution in [0, 0.1) is 0 Å². The minimum absolute atomic E-state index is 0.0151. The molecule has 1 saturated carbocycles. The van der Waals surface area contributed by atoms with Crippen molar-refractivity contribution in [3.63, 3.8) is 0 Å². The SMILES string of the molecule is O=C(N[C@H]1CS(=O)(=O)C[C@H]1NC1CCCC1)c1csc(-c2ccccc2)n1. The standard InChI is InChI=1S/C19H23N3O3S2/c23-18(15-10-26-19(22-15)13-6-2-1-3-7-13)21-17-12-27(24,25)11-16(17)20-14-8-4-5-9-14/h1-3,6-7,10,14,16-17,20H,4-5,8-9,11-12H2,(H,21,23)/t16-,17+/m1/s1. The number of carbonyl (C=O) groups excluding carboxylic acids is 1. The molecule has 144 valence electrons. The van der Waals surface area contributed by atoms with E-state index in [9.17, 15) is 13.2 Å². The summed E-state index contributed by atoms with van der Waals surface area (Å²) in [6, 6.07) is 9.41. The largest absolute Gasteiger partial charge is 0.345 e. The predicted molar refractivity (Wildman–Crippen MR) is 107 cm³/mol. The minimum Gasteiger partial charge on any atom is -0.345 e. The highest BCUT2D eigenvalue weighted by Gasteiger charge is 2.40. The average Bonchev–Trinajstić information content (AvgIpc) is 3.37. The molecule has 8 heteroatoms. The van der Waals surface area contributed by atoms with Gasteiger partial charge in [-0.05, 0) is 12.8 Å². The van der Waals surface area contributed by atoms with Crippen molar-refractivity contribution in [3.8, 4) is 10.6 Å². The molecule has 2 atom stereocenters. The zero-order chi connectivity index (χ0) is 18.9. The molecule has 4 rings (SSSR count). The van der Waals surface area contributed by atoms with Crippen molar-refractivity contribution in [3.05, 3.63) is 41.4 Å². The number of thiazole rings is 1. The van der Waals surface area contributed by atoms with Crippen LogP contribution in [0.15, 0.2) is 35.7 Å². The Morgan fingerprint density at radius 1 is 1.07 bits per heavy atom. The van der Waals surface area contributed by atoms with Crippen LogP contribution >= 0.6 is 11.3 Å². The van der Waals surface area contributed by atoms with Gasteiger partial charge in [0.25, 0.3) is 5.91 Å². The first kappa shape index (κ1) is 18.6. The highest BCUT2D eigenvalue weighted by Crippen LogP contribution is 2.24. The predicted octanol–water partition coefficient (Wildman–Crippen LogP) is 2.24. The summed E-state index contributed by atoms with van der Waals surface area (Å²) in [5.41, 5.74) is 1.30. The van der Waals surface area contributed by atoms with E-state index >= 15 is 0 Å². The molecule has 1 aliphatic carbocycles. The lowest BCUT2D eigenvalue weighted by molar-refractivity contribution is 0.0930. The Bertz CT molecular complexity index is 905. The van der Waals surface area contributed by atoms with Crippen LogP contribution in [0.3, 0.4) is 0 Å². The Labute approximate surface area is 163 Å². The molecule has 1 aliphatic heterocycles. The molecule has 2 fully saturated rings. The molecule has 0 bridgehead atoms. The summed E-state index contributed by atoms with van der Waals surface area (Å²) < 4.78 is 24.3. The highest BCUT2D eigenvalue weighted by molar-refractivity contribution is 7.91. The van der Waals surface area contributed by atoms with Crippen LogP contribution in [-0.2, 0) is 9.84 Å². The fourth-order valence-corrected chi connectivity index (χ4v) is 6.56. The molecule has 2 aromatic rings. The van der Waals surface area contributed by atoms with Crippen molar-refractivity contribution in [1.29, 1.82) is 0 Å². The smallest absolute Gasteiger partial charge is 0.271 e. The monoisotopic (exact) mass is 405 g/mol. The van der Waals surface area contributed by atoms with Gasteiger partial charge >= 0.3 is 0 Å². The van der Waals surface area contributed by atoms with E-state index in [1.165, 1.54) is 24.2 Å². The maximum absolute atomic E-state index is 12.6. The van der Waals surface area contributed by atoms with E-state index in [1.54, 1.807) is 5.38 Å². The number of hydrogen-bond donors (Lipinski definition) is 2. The molecule has 2 aliphatic rings. The lowest BCUT2D eigenvalue weighted by Crippen LogP contribution is -2.51. The van der Waals surface area contributed by atoms with Crippen LogP contribution in [0.5, 0.6) is 0 Å². The number of nitrogens with one attached hydrogen (secondary N) is 2. The molecule has 1 aromatic heterocycles. The Morgan fingerprint density at radius 3 is 2.52 bits per heavy atom. The van der Waals surface area contributed by atoms with E-state index in [-0.39, 0.29) is 23.5 Å². The van der Waals surface area contributed by atoms with Crippen LogP contribution < -0.4 is 10.6 Å². The first-order chi connectivity index (χ1) is 13.0. The third kappa shape index (κ3) is 4.39. The van der Waals surface area contributed by atoms with E-state index < -0.39 is 15.9 Å².